The molecule has 1 aromatic heterocycles. The maximum absolute atomic E-state index is 6.20. The lowest BCUT2D eigenvalue weighted by Gasteiger charge is -2.06. The molecule has 0 radical (unpaired) electrons. The van der Waals surface area contributed by atoms with Gasteiger partial charge in [-0.1, -0.05) is 31.5 Å². The normalized spacial score (nSPS) is 11.2. The Kier molecular flexibility index (Phi) is 4.04. The average Bonchev–Trinajstić information content (AvgIpc) is 2.78. The summed E-state index contributed by atoms with van der Waals surface area (Å²) in [6, 6.07) is 6.43. The zero-order chi connectivity index (χ0) is 13.1. The van der Waals surface area contributed by atoms with Crippen LogP contribution in [0, 0.1) is 6.92 Å². The molecule has 0 aliphatic rings. The van der Waals surface area contributed by atoms with Crippen molar-refractivity contribution in [2.45, 2.75) is 33.4 Å². The van der Waals surface area contributed by atoms with Gasteiger partial charge in [-0.15, -0.1) is 0 Å². The van der Waals surface area contributed by atoms with E-state index in [0.717, 1.165) is 22.9 Å². The Morgan fingerprint density at radius 1 is 1.39 bits per heavy atom. The molecule has 2 aromatic rings. The molecule has 0 saturated heterocycles. The molecule has 1 N–H and O–H groups in total. The van der Waals surface area contributed by atoms with E-state index in [0.29, 0.717) is 6.04 Å². The zero-order valence-electron chi connectivity index (χ0n) is 10.9. The third-order valence-corrected chi connectivity index (χ3v) is 3.03. The lowest BCUT2D eigenvalue weighted by molar-refractivity contribution is 0.582. The van der Waals surface area contributed by atoms with E-state index in [1.54, 1.807) is 6.33 Å². The largest absolute Gasteiger partial charge is 0.309 e. The quantitative estimate of drug-likeness (QED) is 0.917. The minimum Gasteiger partial charge on any atom is -0.309 e. The van der Waals surface area contributed by atoms with Gasteiger partial charge in [-0.25, -0.2) is 4.98 Å². The number of benzene rings is 1. The highest BCUT2D eigenvalue weighted by atomic mass is 35.5. The smallest absolute Gasteiger partial charge is 0.0996 e. The Bertz CT molecular complexity index is 532. The first-order chi connectivity index (χ1) is 8.56. The van der Waals surface area contributed by atoms with Crippen molar-refractivity contribution in [3.8, 4) is 5.69 Å². The third-order valence-electron chi connectivity index (χ3n) is 2.71. The van der Waals surface area contributed by atoms with Gasteiger partial charge >= 0.3 is 0 Å². The van der Waals surface area contributed by atoms with Gasteiger partial charge < -0.3 is 9.88 Å². The highest BCUT2D eigenvalue weighted by molar-refractivity contribution is 6.32. The van der Waals surface area contributed by atoms with Crippen LogP contribution in [-0.4, -0.2) is 15.6 Å². The number of hydrogen-bond donors (Lipinski definition) is 1. The molecule has 0 spiro atoms. The second-order valence-corrected chi connectivity index (χ2v) is 5.17. The van der Waals surface area contributed by atoms with Crippen LogP contribution in [0.3, 0.4) is 0 Å². The zero-order valence-corrected chi connectivity index (χ0v) is 11.7. The Labute approximate surface area is 113 Å². The number of nitrogens with one attached hydrogen (secondary N) is 1. The second-order valence-electron chi connectivity index (χ2n) is 4.76. The van der Waals surface area contributed by atoms with Crippen LogP contribution in [0.15, 0.2) is 30.7 Å². The van der Waals surface area contributed by atoms with Crippen molar-refractivity contribution in [2.75, 3.05) is 0 Å². The second kappa shape index (κ2) is 5.55. The molecule has 0 aliphatic carbocycles. The summed E-state index contributed by atoms with van der Waals surface area (Å²) in [6.45, 7) is 7.06. The number of hydrogen-bond acceptors (Lipinski definition) is 2. The van der Waals surface area contributed by atoms with E-state index < -0.39 is 0 Å². The van der Waals surface area contributed by atoms with Gasteiger partial charge in [0, 0.05) is 18.8 Å². The number of halogens is 1. The summed E-state index contributed by atoms with van der Waals surface area (Å²) in [4.78, 5) is 4.38. The van der Waals surface area contributed by atoms with Crippen molar-refractivity contribution in [1.82, 2.24) is 14.9 Å². The number of aryl methyl sites for hydroxylation is 1. The number of imidazole rings is 1. The van der Waals surface area contributed by atoms with Crippen LogP contribution in [0.25, 0.3) is 5.69 Å². The van der Waals surface area contributed by atoms with E-state index in [1.165, 1.54) is 5.56 Å². The summed E-state index contributed by atoms with van der Waals surface area (Å²) in [7, 11) is 0. The molecule has 0 unspecified atom stereocenters. The van der Waals surface area contributed by atoms with Gasteiger partial charge in [0.15, 0.2) is 0 Å². The topological polar surface area (TPSA) is 29.9 Å². The maximum Gasteiger partial charge on any atom is 0.0996 e. The van der Waals surface area contributed by atoms with E-state index in [-0.39, 0.29) is 0 Å². The minimum atomic E-state index is 0.456. The molecule has 2 rings (SSSR count). The molecule has 1 heterocycles. The molecular formula is C14H18ClN3. The van der Waals surface area contributed by atoms with Crippen LogP contribution >= 0.6 is 11.6 Å². The highest BCUT2D eigenvalue weighted by Gasteiger charge is 2.05. The summed E-state index contributed by atoms with van der Waals surface area (Å²) >= 11 is 6.20. The molecule has 3 nitrogen and oxygen atoms in total. The van der Waals surface area contributed by atoms with Crippen molar-refractivity contribution in [3.63, 3.8) is 0 Å². The summed E-state index contributed by atoms with van der Waals surface area (Å²) in [5.41, 5.74) is 3.17. The predicted molar refractivity (Wildman–Crippen MR) is 75.3 cm³/mol. The molecule has 0 aliphatic heterocycles. The van der Waals surface area contributed by atoms with Gasteiger partial charge in [-0.05, 0) is 24.6 Å². The monoisotopic (exact) mass is 263 g/mol. The molecule has 0 bridgehead atoms. The van der Waals surface area contributed by atoms with Gasteiger partial charge in [0.25, 0.3) is 0 Å². The third kappa shape index (κ3) is 3.12. The first-order valence-corrected chi connectivity index (χ1v) is 6.47. The van der Waals surface area contributed by atoms with Gasteiger partial charge in [-0.2, -0.15) is 0 Å². The molecule has 0 amide bonds. The van der Waals surface area contributed by atoms with Crippen LogP contribution in [0.5, 0.6) is 0 Å². The first kappa shape index (κ1) is 13.1. The van der Waals surface area contributed by atoms with E-state index in [9.17, 15) is 0 Å². The maximum atomic E-state index is 6.20. The number of nitrogens with zero attached hydrogens (tertiary/aromatic N) is 2. The minimum absolute atomic E-state index is 0.456. The standard InChI is InChI=1S/C14H18ClN3/c1-10(2)16-7-12-8-18(9-17-12)14-6-11(3)4-5-13(14)15/h4-6,8-10,16H,7H2,1-3H3. The molecule has 0 saturated carbocycles. The Morgan fingerprint density at radius 2 is 2.17 bits per heavy atom. The summed E-state index contributed by atoms with van der Waals surface area (Å²) in [5, 5.41) is 4.08. The highest BCUT2D eigenvalue weighted by Crippen LogP contribution is 2.21. The van der Waals surface area contributed by atoms with Crippen LogP contribution in [0.2, 0.25) is 5.02 Å². The van der Waals surface area contributed by atoms with E-state index in [4.69, 9.17) is 11.6 Å². The molecule has 18 heavy (non-hydrogen) atoms. The average molecular weight is 264 g/mol. The van der Waals surface area contributed by atoms with E-state index in [1.807, 2.05) is 22.9 Å². The van der Waals surface area contributed by atoms with E-state index in [2.05, 4.69) is 37.1 Å². The molecule has 96 valence electrons. The van der Waals surface area contributed by atoms with Gasteiger partial charge in [0.1, 0.15) is 0 Å². The number of rotatable bonds is 4. The first-order valence-electron chi connectivity index (χ1n) is 6.09. The summed E-state index contributed by atoms with van der Waals surface area (Å²) in [5.74, 6) is 0. The van der Waals surface area contributed by atoms with Crippen molar-refractivity contribution >= 4 is 11.6 Å². The van der Waals surface area contributed by atoms with Crippen LogP contribution < -0.4 is 5.32 Å². The summed E-state index contributed by atoms with van der Waals surface area (Å²) < 4.78 is 1.96. The van der Waals surface area contributed by atoms with Gasteiger partial charge in [0.05, 0.1) is 22.7 Å². The van der Waals surface area contributed by atoms with Gasteiger partial charge in [0.2, 0.25) is 0 Å². The SMILES string of the molecule is Cc1ccc(Cl)c(-n2cnc(CNC(C)C)c2)c1. The van der Waals surface area contributed by atoms with Crippen molar-refractivity contribution < 1.29 is 0 Å². The molecule has 1 aromatic carbocycles. The lowest BCUT2D eigenvalue weighted by atomic mass is 10.2. The van der Waals surface area contributed by atoms with Crippen LogP contribution in [-0.2, 0) is 6.54 Å². The molecule has 4 heteroatoms. The van der Waals surface area contributed by atoms with Crippen LogP contribution in [0.1, 0.15) is 25.1 Å². The fourth-order valence-corrected chi connectivity index (χ4v) is 1.93. The fourth-order valence-electron chi connectivity index (χ4n) is 1.72. The van der Waals surface area contributed by atoms with Crippen molar-refractivity contribution in [3.05, 3.63) is 47.0 Å². The Hall–Kier alpha value is -1.32. The van der Waals surface area contributed by atoms with Gasteiger partial charge in [-0.3, -0.25) is 0 Å². The molecule has 0 atom stereocenters. The molecular weight excluding hydrogens is 246 g/mol. The number of aromatic nitrogens is 2. The fraction of sp³-hybridized carbons (Fsp3) is 0.357. The lowest BCUT2D eigenvalue weighted by Crippen LogP contribution is -2.21. The van der Waals surface area contributed by atoms with Crippen molar-refractivity contribution in [2.24, 2.45) is 0 Å². The predicted octanol–water partition coefficient (Wildman–Crippen LogP) is 3.33. The Morgan fingerprint density at radius 3 is 2.89 bits per heavy atom. The van der Waals surface area contributed by atoms with E-state index >= 15 is 0 Å². The molecule has 0 fully saturated rings. The van der Waals surface area contributed by atoms with Crippen LogP contribution in [0.4, 0.5) is 0 Å². The summed E-state index contributed by atoms with van der Waals surface area (Å²) in [6.07, 6.45) is 3.81. The Balaban J connectivity index is 2.21. The van der Waals surface area contributed by atoms with Crippen molar-refractivity contribution in [1.29, 1.82) is 0 Å².